The van der Waals surface area contributed by atoms with Crippen molar-refractivity contribution in [3.05, 3.63) is 80.6 Å². The van der Waals surface area contributed by atoms with Gasteiger partial charge in [-0.25, -0.2) is 9.48 Å². The van der Waals surface area contributed by atoms with E-state index in [9.17, 15) is 14.7 Å². The fourth-order valence-corrected chi connectivity index (χ4v) is 2.52. The standard InChI is InChI=1S/C20H18N2O4/c1-3-26-20(25)15-6-8-16(9-7-15)22-19(24)18(13(2)21-22)12-14-4-10-17(23)11-5-14/h4-12,21,23H,2-3H2,1H3. The molecule has 0 aliphatic rings. The van der Waals surface area contributed by atoms with Crippen LogP contribution in [0.5, 0.6) is 5.75 Å². The predicted octanol–water partition coefficient (Wildman–Crippen LogP) is 1.29. The van der Waals surface area contributed by atoms with Crippen molar-refractivity contribution >= 4 is 18.6 Å². The van der Waals surface area contributed by atoms with Gasteiger partial charge in [-0.2, -0.15) is 0 Å². The molecule has 6 heteroatoms. The first kappa shape index (κ1) is 17.3. The molecule has 0 unspecified atom stereocenters. The van der Waals surface area contributed by atoms with E-state index in [0.717, 1.165) is 5.56 Å². The maximum Gasteiger partial charge on any atom is 0.338 e. The highest BCUT2D eigenvalue weighted by Crippen LogP contribution is 2.10. The molecule has 2 aromatic carbocycles. The Balaban J connectivity index is 2.00. The number of nitrogens with one attached hydrogen (secondary N) is 1. The monoisotopic (exact) mass is 350 g/mol. The SMILES string of the molecule is C=c1[nH]n(-c2ccc(C(=O)OCC)cc2)c(=O)c1=Cc1ccc(O)cc1. The van der Waals surface area contributed by atoms with E-state index in [-0.39, 0.29) is 11.3 Å². The van der Waals surface area contributed by atoms with Crippen molar-refractivity contribution in [3.63, 3.8) is 0 Å². The zero-order valence-corrected chi connectivity index (χ0v) is 14.2. The Bertz CT molecular complexity index is 1090. The van der Waals surface area contributed by atoms with Crippen LogP contribution in [0.15, 0.2) is 53.3 Å². The minimum atomic E-state index is -0.405. The third-order valence-corrected chi connectivity index (χ3v) is 3.85. The predicted molar refractivity (Wildman–Crippen MR) is 98.8 cm³/mol. The van der Waals surface area contributed by atoms with E-state index in [2.05, 4.69) is 11.7 Å². The Morgan fingerprint density at radius 2 is 1.85 bits per heavy atom. The molecular weight excluding hydrogens is 332 g/mol. The Hall–Kier alpha value is -3.54. The van der Waals surface area contributed by atoms with Crippen LogP contribution in [0, 0.1) is 0 Å². The van der Waals surface area contributed by atoms with Crippen molar-refractivity contribution in [2.24, 2.45) is 0 Å². The van der Waals surface area contributed by atoms with Crippen LogP contribution >= 0.6 is 0 Å². The number of ether oxygens (including phenoxy) is 1. The average molecular weight is 350 g/mol. The van der Waals surface area contributed by atoms with Gasteiger partial charge >= 0.3 is 5.97 Å². The fraction of sp³-hybridized carbons (Fsp3) is 0.100. The molecule has 1 heterocycles. The number of benzene rings is 2. The normalized spacial score (nSPS) is 11.5. The first-order chi connectivity index (χ1) is 12.5. The third-order valence-electron chi connectivity index (χ3n) is 3.85. The van der Waals surface area contributed by atoms with Gasteiger partial charge in [0, 0.05) is 0 Å². The molecule has 3 rings (SSSR count). The van der Waals surface area contributed by atoms with Crippen molar-refractivity contribution in [2.45, 2.75) is 6.92 Å². The van der Waals surface area contributed by atoms with Gasteiger partial charge in [-0.05, 0) is 55.0 Å². The van der Waals surface area contributed by atoms with Crippen molar-refractivity contribution in [1.29, 1.82) is 0 Å². The second kappa shape index (κ2) is 7.14. The molecule has 0 radical (unpaired) electrons. The van der Waals surface area contributed by atoms with Crippen LogP contribution in [-0.4, -0.2) is 27.5 Å². The number of phenols is 1. The topological polar surface area (TPSA) is 84.3 Å². The largest absolute Gasteiger partial charge is 0.508 e. The van der Waals surface area contributed by atoms with Crippen molar-refractivity contribution in [1.82, 2.24) is 9.78 Å². The maximum atomic E-state index is 12.7. The van der Waals surface area contributed by atoms with Crippen LogP contribution in [0.4, 0.5) is 0 Å². The second-order valence-corrected chi connectivity index (χ2v) is 5.65. The summed E-state index contributed by atoms with van der Waals surface area (Å²) in [6.07, 6.45) is 1.70. The molecule has 3 aromatic rings. The van der Waals surface area contributed by atoms with Crippen LogP contribution in [0.25, 0.3) is 18.3 Å². The van der Waals surface area contributed by atoms with Crippen LogP contribution in [0.1, 0.15) is 22.8 Å². The number of rotatable bonds is 4. The molecule has 132 valence electrons. The molecule has 2 N–H and O–H groups in total. The highest BCUT2D eigenvalue weighted by atomic mass is 16.5. The highest BCUT2D eigenvalue weighted by Gasteiger charge is 2.08. The number of carbonyl (C=O) groups is 1. The van der Waals surface area contributed by atoms with E-state index in [1.807, 2.05) is 0 Å². The number of carbonyl (C=O) groups excluding carboxylic acids is 1. The summed E-state index contributed by atoms with van der Waals surface area (Å²) in [5.41, 5.74) is 1.51. The number of H-pyrrole nitrogens is 1. The van der Waals surface area contributed by atoms with E-state index in [0.29, 0.717) is 28.4 Å². The molecule has 26 heavy (non-hydrogen) atoms. The van der Waals surface area contributed by atoms with E-state index in [1.165, 1.54) is 4.68 Å². The Kier molecular flexibility index (Phi) is 4.75. The lowest BCUT2D eigenvalue weighted by molar-refractivity contribution is 0.0526. The van der Waals surface area contributed by atoms with Gasteiger partial charge in [0.25, 0.3) is 5.56 Å². The van der Waals surface area contributed by atoms with Gasteiger partial charge in [-0.15, -0.1) is 0 Å². The first-order valence-electron chi connectivity index (χ1n) is 8.08. The summed E-state index contributed by atoms with van der Waals surface area (Å²) in [7, 11) is 0. The number of hydrogen-bond donors (Lipinski definition) is 2. The lowest BCUT2D eigenvalue weighted by Crippen LogP contribution is -2.33. The summed E-state index contributed by atoms with van der Waals surface area (Å²) in [4.78, 5) is 24.4. The van der Waals surface area contributed by atoms with E-state index < -0.39 is 5.97 Å². The zero-order chi connectivity index (χ0) is 18.7. The van der Waals surface area contributed by atoms with E-state index >= 15 is 0 Å². The molecule has 0 aliphatic carbocycles. The number of aromatic amines is 1. The van der Waals surface area contributed by atoms with E-state index in [4.69, 9.17) is 4.74 Å². The van der Waals surface area contributed by atoms with Crippen LogP contribution in [-0.2, 0) is 4.74 Å². The molecule has 0 spiro atoms. The zero-order valence-electron chi connectivity index (χ0n) is 14.2. The summed E-state index contributed by atoms with van der Waals surface area (Å²) in [5.74, 6) is -0.248. The highest BCUT2D eigenvalue weighted by molar-refractivity contribution is 5.89. The van der Waals surface area contributed by atoms with Crippen molar-refractivity contribution in [2.75, 3.05) is 6.61 Å². The molecule has 0 amide bonds. The van der Waals surface area contributed by atoms with Crippen LogP contribution in [0.3, 0.4) is 0 Å². The van der Waals surface area contributed by atoms with Crippen LogP contribution in [0.2, 0.25) is 0 Å². The van der Waals surface area contributed by atoms with Crippen LogP contribution < -0.4 is 16.1 Å². The number of nitrogens with zero attached hydrogens (tertiary/aromatic N) is 1. The molecule has 0 atom stereocenters. The summed E-state index contributed by atoms with van der Waals surface area (Å²) < 4.78 is 6.31. The number of aromatic nitrogens is 2. The molecular formula is C20H18N2O4. The third kappa shape index (κ3) is 3.44. The fourth-order valence-electron chi connectivity index (χ4n) is 2.52. The second-order valence-electron chi connectivity index (χ2n) is 5.65. The Morgan fingerprint density at radius 1 is 1.19 bits per heavy atom. The van der Waals surface area contributed by atoms with Crippen molar-refractivity contribution in [3.8, 4) is 11.4 Å². The minimum Gasteiger partial charge on any atom is -0.508 e. The molecule has 0 aliphatic heterocycles. The first-order valence-corrected chi connectivity index (χ1v) is 8.08. The summed E-state index contributed by atoms with van der Waals surface area (Å²) in [6.45, 7) is 5.93. The summed E-state index contributed by atoms with van der Waals surface area (Å²) >= 11 is 0. The van der Waals surface area contributed by atoms with Gasteiger partial charge in [0.05, 0.1) is 28.4 Å². The maximum absolute atomic E-state index is 12.7. The number of esters is 1. The lowest BCUT2D eigenvalue weighted by atomic mass is 10.2. The summed E-state index contributed by atoms with van der Waals surface area (Å²) in [6, 6.07) is 13.0. The molecule has 0 fully saturated rings. The Labute approximate surface area is 149 Å². The number of hydrogen-bond acceptors (Lipinski definition) is 4. The number of aromatic hydroxyl groups is 1. The van der Waals surface area contributed by atoms with Crippen molar-refractivity contribution < 1.29 is 14.6 Å². The molecule has 6 nitrogen and oxygen atoms in total. The van der Waals surface area contributed by atoms with Gasteiger partial charge in [0.15, 0.2) is 0 Å². The quantitative estimate of drug-likeness (QED) is 0.695. The van der Waals surface area contributed by atoms with Gasteiger partial charge in [-0.3, -0.25) is 9.89 Å². The van der Waals surface area contributed by atoms with Gasteiger partial charge in [-0.1, -0.05) is 18.7 Å². The minimum absolute atomic E-state index is 0.158. The Morgan fingerprint density at radius 3 is 2.46 bits per heavy atom. The molecule has 0 saturated heterocycles. The van der Waals surface area contributed by atoms with E-state index in [1.54, 1.807) is 61.5 Å². The smallest absolute Gasteiger partial charge is 0.338 e. The molecule has 0 saturated carbocycles. The average Bonchev–Trinajstić information content (AvgIpc) is 2.92. The number of phenolic OH excluding ortho intramolecular Hbond substituents is 1. The lowest BCUT2D eigenvalue weighted by Gasteiger charge is -2.04. The van der Waals surface area contributed by atoms with Gasteiger partial charge in [0.1, 0.15) is 5.75 Å². The molecule has 0 bridgehead atoms. The molecule has 1 aromatic heterocycles. The van der Waals surface area contributed by atoms with Gasteiger partial charge in [0.2, 0.25) is 0 Å². The van der Waals surface area contributed by atoms with Gasteiger partial charge < -0.3 is 9.84 Å². The summed E-state index contributed by atoms with van der Waals surface area (Å²) in [5, 5.41) is 13.2.